The van der Waals surface area contributed by atoms with Crippen LogP contribution < -0.4 is 10.1 Å². The minimum Gasteiger partial charge on any atom is -0.493 e. The summed E-state index contributed by atoms with van der Waals surface area (Å²) in [4.78, 5) is 18.1. The van der Waals surface area contributed by atoms with Crippen molar-refractivity contribution >= 4 is 16.8 Å². The maximum atomic E-state index is 13.5. The van der Waals surface area contributed by atoms with E-state index in [9.17, 15) is 9.18 Å². The molecule has 42 heavy (non-hydrogen) atoms. The summed E-state index contributed by atoms with van der Waals surface area (Å²) in [6, 6.07) is 20.6. The van der Waals surface area contributed by atoms with Crippen LogP contribution in [-0.4, -0.2) is 24.0 Å². The van der Waals surface area contributed by atoms with E-state index in [-0.39, 0.29) is 22.6 Å². The summed E-state index contributed by atoms with van der Waals surface area (Å²) in [5.41, 5.74) is 6.51. The van der Waals surface area contributed by atoms with E-state index in [1.807, 2.05) is 25.1 Å². The first-order valence-corrected chi connectivity index (χ1v) is 15.2. The van der Waals surface area contributed by atoms with Crippen LogP contribution in [0.3, 0.4) is 0 Å². The maximum absolute atomic E-state index is 13.5. The fourth-order valence-corrected chi connectivity index (χ4v) is 5.00. The number of hydrogen-bond acceptors (Lipinski definition) is 3. The Hall–Kier alpha value is -3.73. The van der Waals surface area contributed by atoms with Crippen LogP contribution in [0.25, 0.3) is 22.2 Å². The fraction of sp³-hybridized carbons (Fsp3) is 0.405. The summed E-state index contributed by atoms with van der Waals surface area (Å²) in [5.74, 6) is 0.506. The standard InChI is InChI=1S/C37H45FN2O2/c1-8-36(4,5)27-15-19-34(31(23-27)37(6,7)9-2)42-21-11-10-20-39-35(41)30-24-33(26-13-16-28(38)17-14-26)40-32-18-12-25(3)22-29(30)32/h12-19,22-24H,8-11,20-21H2,1-7H3,(H,39,41). The minimum absolute atomic E-state index is 0.0155. The van der Waals surface area contributed by atoms with Gasteiger partial charge in [0.05, 0.1) is 23.4 Å². The SMILES string of the molecule is CCC(C)(C)c1ccc(OCCCCNC(=O)c2cc(-c3ccc(F)cc3)nc3ccc(C)cc23)c(C(C)(C)CC)c1. The van der Waals surface area contributed by atoms with Crippen molar-refractivity contribution in [2.75, 3.05) is 13.2 Å². The number of carbonyl (C=O) groups is 1. The molecule has 0 atom stereocenters. The molecule has 1 N–H and O–H groups in total. The molecule has 0 aliphatic carbocycles. The van der Waals surface area contributed by atoms with Gasteiger partial charge in [-0.25, -0.2) is 9.37 Å². The quantitative estimate of drug-likeness (QED) is 0.173. The summed E-state index contributed by atoms with van der Waals surface area (Å²) in [5, 5.41) is 3.90. The Labute approximate surface area is 250 Å². The molecule has 0 aliphatic rings. The zero-order valence-corrected chi connectivity index (χ0v) is 26.2. The van der Waals surface area contributed by atoms with Crippen molar-refractivity contribution in [2.24, 2.45) is 0 Å². The molecule has 0 saturated heterocycles. The van der Waals surface area contributed by atoms with Gasteiger partial charge in [-0.2, -0.15) is 0 Å². The van der Waals surface area contributed by atoms with Gasteiger partial charge in [0.15, 0.2) is 0 Å². The second-order valence-electron chi connectivity index (χ2n) is 12.6. The van der Waals surface area contributed by atoms with Crippen molar-refractivity contribution in [1.29, 1.82) is 0 Å². The van der Waals surface area contributed by atoms with E-state index >= 15 is 0 Å². The molecule has 0 radical (unpaired) electrons. The average molecular weight is 569 g/mol. The Morgan fingerprint density at radius 1 is 0.881 bits per heavy atom. The number of benzene rings is 3. The molecule has 0 spiro atoms. The molecule has 1 heterocycles. The van der Waals surface area contributed by atoms with Crippen molar-refractivity contribution < 1.29 is 13.9 Å². The number of nitrogens with zero attached hydrogens (tertiary/aromatic N) is 1. The molecular formula is C37H45FN2O2. The lowest BCUT2D eigenvalue weighted by atomic mass is 9.76. The number of hydrogen-bond donors (Lipinski definition) is 1. The molecule has 5 heteroatoms. The Kier molecular flexibility index (Phi) is 9.71. The molecular weight excluding hydrogens is 523 g/mol. The van der Waals surface area contributed by atoms with Crippen molar-refractivity contribution in [3.05, 3.63) is 94.8 Å². The molecule has 3 aromatic carbocycles. The van der Waals surface area contributed by atoms with Gasteiger partial charge >= 0.3 is 0 Å². The summed E-state index contributed by atoms with van der Waals surface area (Å²) < 4.78 is 19.8. The number of rotatable bonds is 12. The average Bonchev–Trinajstić information content (AvgIpc) is 2.98. The van der Waals surface area contributed by atoms with Crippen LogP contribution in [0.15, 0.2) is 66.7 Å². The topological polar surface area (TPSA) is 51.2 Å². The zero-order valence-electron chi connectivity index (χ0n) is 26.2. The molecule has 0 bridgehead atoms. The molecule has 0 fully saturated rings. The molecule has 0 unspecified atom stereocenters. The third-order valence-electron chi connectivity index (χ3n) is 8.72. The van der Waals surface area contributed by atoms with E-state index in [4.69, 9.17) is 9.72 Å². The molecule has 1 aromatic heterocycles. The summed E-state index contributed by atoms with van der Waals surface area (Å²) in [6.07, 6.45) is 3.72. The Balaban J connectivity index is 1.41. The first-order valence-electron chi connectivity index (χ1n) is 15.2. The highest BCUT2D eigenvalue weighted by Gasteiger charge is 2.26. The van der Waals surface area contributed by atoms with Crippen LogP contribution in [0.4, 0.5) is 4.39 Å². The van der Waals surface area contributed by atoms with E-state index in [1.54, 1.807) is 18.2 Å². The first-order chi connectivity index (χ1) is 19.9. The van der Waals surface area contributed by atoms with Crippen LogP contribution in [0.1, 0.15) is 94.3 Å². The molecule has 4 aromatic rings. The van der Waals surface area contributed by atoms with Crippen LogP contribution >= 0.6 is 0 Å². The number of aryl methyl sites for hydroxylation is 1. The number of carbonyl (C=O) groups excluding carboxylic acids is 1. The van der Waals surface area contributed by atoms with Gasteiger partial charge in [0.25, 0.3) is 5.91 Å². The van der Waals surface area contributed by atoms with Crippen LogP contribution in [0.5, 0.6) is 5.75 Å². The summed E-state index contributed by atoms with van der Waals surface area (Å²) >= 11 is 0. The third kappa shape index (κ3) is 7.18. The molecule has 0 aliphatic heterocycles. The van der Waals surface area contributed by atoms with Crippen molar-refractivity contribution in [3.8, 4) is 17.0 Å². The van der Waals surface area contributed by atoms with Gasteiger partial charge in [0, 0.05) is 23.1 Å². The fourth-order valence-electron chi connectivity index (χ4n) is 5.00. The van der Waals surface area contributed by atoms with E-state index in [1.165, 1.54) is 23.3 Å². The number of fused-ring (bicyclic) bond motifs is 1. The smallest absolute Gasteiger partial charge is 0.252 e. The predicted molar refractivity (Wildman–Crippen MR) is 172 cm³/mol. The summed E-state index contributed by atoms with van der Waals surface area (Å²) in [6.45, 7) is 16.7. The van der Waals surface area contributed by atoms with Gasteiger partial charge in [0.2, 0.25) is 0 Å². The minimum atomic E-state index is -0.306. The van der Waals surface area contributed by atoms with Crippen molar-refractivity contribution in [2.45, 2.75) is 85.0 Å². The first kappa shape index (κ1) is 31.2. The molecule has 4 nitrogen and oxygen atoms in total. The lowest BCUT2D eigenvalue weighted by molar-refractivity contribution is 0.0954. The largest absolute Gasteiger partial charge is 0.493 e. The predicted octanol–water partition coefficient (Wildman–Crippen LogP) is 9.31. The maximum Gasteiger partial charge on any atom is 0.252 e. The van der Waals surface area contributed by atoms with Gasteiger partial charge < -0.3 is 10.1 Å². The number of aromatic nitrogens is 1. The third-order valence-corrected chi connectivity index (χ3v) is 8.72. The summed E-state index contributed by atoms with van der Waals surface area (Å²) in [7, 11) is 0. The van der Waals surface area contributed by atoms with Gasteiger partial charge in [-0.3, -0.25) is 4.79 Å². The van der Waals surface area contributed by atoms with Gasteiger partial charge in [0.1, 0.15) is 11.6 Å². The number of amides is 1. The van der Waals surface area contributed by atoms with Gasteiger partial charge in [-0.15, -0.1) is 0 Å². The molecule has 0 saturated carbocycles. The highest BCUT2D eigenvalue weighted by Crippen LogP contribution is 2.38. The van der Waals surface area contributed by atoms with Gasteiger partial charge in [-0.1, -0.05) is 65.3 Å². The number of unbranched alkanes of at least 4 members (excludes halogenated alkanes) is 1. The van der Waals surface area contributed by atoms with Gasteiger partial charge in [-0.05, 0) is 97.5 Å². The Bertz CT molecular complexity index is 1540. The molecule has 222 valence electrons. The second kappa shape index (κ2) is 13.1. The lowest BCUT2D eigenvalue weighted by Gasteiger charge is -2.30. The number of nitrogens with one attached hydrogen (secondary N) is 1. The van der Waals surface area contributed by atoms with Crippen molar-refractivity contribution in [1.82, 2.24) is 10.3 Å². The van der Waals surface area contributed by atoms with Crippen molar-refractivity contribution in [3.63, 3.8) is 0 Å². The van der Waals surface area contributed by atoms with Crippen LogP contribution in [0, 0.1) is 12.7 Å². The second-order valence-corrected chi connectivity index (χ2v) is 12.6. The molecule has 1 amide bonds. The normalized spacial score (nSPS) is 12.0. The number of pyridine rings is 1. The zero-order chi connectivity index (χ0) is 30.5. The van der Waals surface area contributed by atoms with Crippen LogP contribution in [0.2, 0.25) is 0 Å². The van der Waals surface area contributed by atoms with E-state index in [0.29, 0.717) is 24.4 Å². The molecule has 4 rings (SSSR count). The van der Waals surface area contributed by atoms with Crippen LogP contribution in [-0.2, 0) is 10.8 Å². The highest BCUT2D eigenvalue weighted by atomic mass is 19.1. The van der Waals surface area contributed by atoms with E-state index < -0.39 is 0 Å². The number of ether oxygens (including phenoxy) is 1. The van der Waals surface area contributed by atoms with E-state index in [0.717, 1.165) is 53.5 Å². The Morgan fingerprint density at radius 3 is 2.29 bits per heavy atom. The van der Waals surface area contributed by atoms with E-state index in [2.05, 4.69) is 65.1 Å². The Morgan fingerprint density at radius 2 is 1.60 bits per heavy atom. The lowest BCUT2D eigenvalue weighted by Crippen LogP contribution is -2.25. The highest BCUT2D eigenvalue weighted by molar-refractivity contribution is 6.07. The number of halogens is 1. The monoisotopic (exact) mass is 568 g/mol.